The zero-order chi connectivity index (χ0) is 14.8. The van der Waals surface area contributed by atoms with Gasteiger partial charge < -0.3 is 14.8 Å². The Bertz CT molecular complexity index is 342. The molecule has 0 amide bonds. The van der Waals surface area contributed by atoms with E-state index in [4.69, 9.17) is 9.47 Å². The van der Waals surface area contributed by atoms with E-state index in [2.05, 4.69) is 50.4 Å². The van der Waals surface area contributed by atoms with Crippen molar-refractivity contribution in [2.24, 2.45) is 0 Å². The van der Waals surface area contributed by atoms with Crippen molar-refractivity contribution in [1.82, 2.24) is 5.32 Å². The molecule has 0 heterocycles. The average Bonchev–Trinajstić information content (AvgIpc) is 2.46. The summed E-state index contributed by atoms with van der Waals surface area (Å²) >= 11 is 0. The van der Waals surface area contributed by atoms with Crippen LogP contribution in [0.1, 0.15) is 45.7 Å². The van der Waals surface area contributed by atoms with Gasteiger partial charge in [-0.3, -0.25) is 0 Å². The Kier molecular flexibility index (Phi) is 8.51. The quantitative estimate of drug-likeness (QED) is 0.710. The highest BCUT2D eigenvalue weighted by atomic mass is 16.5. The molecule has 0 spiro atoms. The Morgan fingerprint density at radius 3 is 2.40 bits per heavy atom. The lowest BCUT2D eigenvalue weighted by molar-refractivity contribution is -0.0526. The van der Waals surface area contributed by atoms with Gasteiger partial charge in [0, 0.05) is 6.61 Å². The molecule has 3 nitrogen and oxygen atoms in total. The molecule has 20 heavy (non-hydrogen) atoms. The summed E-state index contributed by atoms with van der Waals surface area (Å²) < 4.78 is 11.5. The minimum absolute atomic E-state index is 0.111. The number of benzene rings is 1. The zero-order valence-corrected chi connectivity index (χ0v) is 13.3. The van der Waals surface area contributed by atoms with Crippen LogP contribution in [0, 0.1) is 0 Å². The van der Waals surface area contributed by atoms with Gasteiger partial charge in [0.2, 0.25) is 0 Å². The molecule has 0 aromatic heterocycles. The maximum atomic E-state index is 6.08. The van der Waals surface area contributed by atoms with Gasteiger partial charge in [-0.2, -0.15) is 0 Å². The largest absolute Gasteiger partial charge is 0.379 e. The summed E-state index contributed by atoms with van der Waals surface area (Å²) in [5, 5.41) is 3.58. The van der Waals surface area contributed by atoms with E-state index in [1.165, 1.54) is 5.56 Å². The van der Waals surface area contributed by atoms with Gasteiger partial charge in [0.1, 0.15) is 0 Å². The van der Waals surface area contributed by atoms with Crippen LogP contribution in [0.15, 0.2) is 30.3 Å². The van der Waals surface area contributed by atoms with Crippen molar-refractivity contribution in [2.45, 2.75) is 52.4 Å². The number of rotatable bonds is 10. The van der Waals surface area contributed by atoms with Crippen LogP contribution in [0.5, 0.6) is 0 Å². The molecule has 3 unspecified atom stereocenters. The molecule has 0 fully saturated rings. The Balaban J connectivity index is 2.62. The van der Waals surface area contributed by atoms with Crippen LogP contribution in [0.4, 0.5) is 0 Å². The van der Waals surface area contributed by atoms with E-state index in [9.17, 15) is 0 Å². The van der Waals surface area contributed by atoms with Gasteiger partial charge in [-0.25, -0.2) is 0 Å². The summed E-state index contributed by atoms with van der Waals surface area (Å²) in [6, 6.07) is 10.7. The maximum absolute atomic E-state index is 6.08. The minimum Gasteiger partial charge on any atom is -0.379 e. The predicted molar refractivity (Wildman–Crippen MR) is 84.0 cm³/mol. The highest BCUT2D eigenvalue weighted by Gasteiger charge is 2.21. The van der Waals surface area contributed by atoms with E-state index in [-0.39, 0.29) is 18.2 Å². The number of hydrogen-bond acceptors (Lipinski definition) is 3. The normalized spacial score (nSPS) is 15.8. The molecule has 0 aliphatic rings. The first kappa shape index (κ1) is 17.2. The third-order valence-corrected chi connectivity index (χ3v) is 3.25. The highest BCUT2D eigenvalue weighted by molar-refractivity contribution is 5.20. The van der Waals surface area contributed by atoms with Crippen LogP contribution < -0.4 is 5.32 Å². The number of nitrogens with one attached hydrogen (secondary N) is 1. The number of ether oxygens (including phenoxy) is 2. The lowest BCUT2D eigenvalue weighted by atomic mass is 10.0. The molecule has 0 aliphatic heterocycles. The summed E-state index contributed by atoms with van der Waals surface area (Å²) in [5.41, 5.74) is 1.28. The minimum atomic E-state index is 0.111. The van der Waals surface area contributed by atoms with Crippen LogP contribution in [0.3, 0.4) is 0 Å². The van der Waals surface area contributed by atoms with Gasteiger partial charge in [-0.15, -0.1) is 0 Å². The standard InChI is InChI=1S/C17H29NO2/c1-5-12-18-17(16-10-8-7-9-11-16)15(4)20-14(3)13-19-6-2/h7-11,14-15,17-18H,5-6,12-13H2,1-4H3. The molecule has 1 aromatic rings. The summed E-state index contributed by atoms with van der Waals surface area (Å²) in [7, 11) is 0. The topological polar surface area (TPSA) is 30.5 Å². The lowest BCUT2D eigenvalue weighted by Gasteiger charge is -2.28. The van der Waals surface area contributed by atoms with Crippen molar-refractivity contribution in [3.05, 3.63) is 35.9 Å². The third kappa shape index (κ3) is 6.04. The van der Waals surface area contributed by atoms with E-state index in [0.717, 1.165) is 19.6 Å². The van der Waals surface area contributed by atoms with E-state index >= 15 is 0 Å². The second kappa shape index (κ2) is 9.92. The maximum Gasteiger partial charge on any atom is 0.0785 e. The molecule has 1 aromatic carbocycles. The monoisotopic (exact) mass is 279 g/mol. The summed E-state index contributed by atoms with van der Waals surface area (Å²) in [6.45, 7) is 10.8. The molecule has 3 heteroatoms. The molecule has 114 valence electrons. The van der Waals surface area contributed by atoms with Crippen LogP contribution in [0.2, 0.25) is 0 Å². The predicted octanol–water partition coefficient (Wildman–Crippen LogP) is 3.56. The lowest BCUT2D eigenvalue weighted by Crippen LogP contribution is -2.35. The van der Waals surface area contributed by atoms with Crippen molar-refractivity contribution < 1.29 is 9.47 Å². The SMILES string of the molecule is CCCNC(c1ccccc1)C(C)OC(C)COCC. The van der Waals surface area contributed by atoms with Crippen molar-refractivity contribution >= 4 is 0 Å². The molecule has 0 saturated carbocycles. The van der Waals surface area contributed by atoms with E-state index in [1.807, 2.05) is 13.0 Å². The fourth-order valence-electron chi connectivity index (χ4n) is 2.28. The zero-order valence-electron chi connectivity index (χ0n) is 13.3. The van der Waals surface area contributed by atoms with Gasteiger partial charge in [0.15, 0.2) is 0 Å². The van der Waals surface area contributed by atoms with Crippen molar-refractivity contribution in [3.63, 3.8) is 0 Å². The van der Waals surface area contributed by atoms with Crippen LogP contribution in [-0.4, -0.2) is 32.0 Å². The molecule has 0 radical (unpaired) electrons. The fourth-order valence-corrected chi connectivity index (χ4v) is 2.28. The molecule has 0 aliphatic carbocycles. The summed E-state index contributed by atoms with van der Waals surface area (Å²) in [4.78, 5) is 0. The van der Waals surface area contributed by atoms with E-state index in [1.54, 1.807) is 0 Å². The molecule has 0 saturated heterocycles. The van der Waals surface area contributed by atoms with Gasteiger partial charge in [-0.05, 0) is 39.3 Å². The van der Waals surface area contributed by atoms with Crippen LogP contribution in [0.25, 0.3) is 0 Å². The molecule has 1 rings (SSSR count). The first-order chi connectivity index (χ1) is 9.69. The molecular formula is C17H29NO2. The van der Waals surface area contributed by atoms with Gasteiger partial charge in [0.05, 0.1) is 24.9 Å². The smallest absolute Gasteiger partial charge is 0.0785 e. The average molecular weight is 279 g/mol. The van der Waals surface area contributed by atoms with Gasteiger partial charge in [-0.1, -0.05) is 37.3 Å². The van der Waals surface area contributed by atoms with E-state index in [0.29, 0.717) is 6.61 Å². The summed E-state index contributed by atoms with van der Waals surface area (Å²) in [6.07, 6.45) is 1.34. The van der Waals surface area contributed by atoms with E-state index < -0.39 is 0 Å². The molecular weight excluding hydrogens is 250 g/mol. The van der Waals surface area contributed by atoms with Crippen molar-refractivity contribution in [1.29, 1.82) is 0 Å². The number of hydrogen-bond donors (Lipinski definition) is 1. The Morgan fingerprint density at radius 1 is 1.10 bits per heavy atom. The van der Waals surface area contributed by atoms with Crippen LogP contribution >= 0.6 is 0 Å². The molecule has 1 N–H and O–H groups in total. The highest BCUT2D eigenvalue weighted by Crippen LogP contribution is 2.20. The van der Waals surface area contributed by atoms with Crippen LogP contribution in [-0.2, 0) is 9.47 Å². The van der Waals surface area contributed by atoms with Gasteiger partial charge in [0.25, 0.3) is 0 Å². The first-order valence-corrected chi connectivity index (χ1v) is 7.70. The van der Waals surface area contributed by atoms with Crippen molar-refractivity contribution in [2.75, 3.05) is 19.8 Å². The van der Waals surface area contributed by atoms with Crippen molar-refractivity contribution in [3.8, 4) is 0 Å². The molecule has 3 atom stereocenters. The second-order valence-electron chi connectivity index (χ2n) is 5.15. The van der Waals surface area contributed by atoms with Gasteiger partial charge >= 0.3 is 0 Å². The summed E-state index contributed by atoms with van der Waals surface area (Å²) in [5.74, 6) is 0. The third-order valence-electron chi connectivity index (χ3n) is 3.25. The Hall–Kier alpha value is -0.900. The second-order valence-corrected chi connectivity index (χ2v) is 5.15. The Morgan fingerprint density at radius 2 is 1.80 bits per heavy atom. The molecule has 0 bridgehead atoms. The Labute approximate surface area is 123 Å². The first-order valence-electron chi connectivity index (χ1n) is 7.70. The fraction of sp³-hybridized carbons (Fsp3) is 0.647.